The molecule has 228 valence electrons. The lowest BCUT2D eigenvalue weighted by molar-refractivity contribution is -0.118. The molecule has 0 atom stereocenters. The van der Waals surface area contributed by atoms with Crippen molar-refractivity contribution in [1.29, 1.82) is 0 Å². The summed E-state index contributed by atoms with van der Waals surface area (Å²) in [4.78, 5) is 29.7. The highest BCUT2D eigenvalue weighted by Crippen LogP contribution is 2.31. The summed E-state index contributed by atoms with van der Waals surface area (Å²) in [5.74, 6) is 1.58. The van der Waals surface area contributed by atoms with Gasteiger partial charge in [-0.3, -0.25) is 9.59 Å². The Balaban J connectivity index is 1.15. The predicted octanol–water partition coefficient (Wildman–Crippen LogP) is 8.36. The summed E-state index contributed by atoms with van der Waals surface area (Å²) in [5.41, 5.74) is 2.10. The highest BCUT2D eigenvalue weighted by molar-refractivity contribution is 8.01. The molecule has 0 saturated heterocycles. The fraction of sp³-hybridized carbons (Fsp3) is 0.382. The van der Waals surface area contributed by atoms with Crippen LogP contribution in [-0.2, 0) is 4.79 Å². The topological polar surface area (TPSA) is 89.5 Å². The minimum absolute atomic E-state index is 0.0709. The fourth-order valence-corrected chi connectivity index (χ4v) is 6.37. The average Bonchev–Trinajstić information content (AvgIpc) is 3.44. The number of ether oxygens (including phenoxy) is 2. The minimum atomic E-state index is -0.180. The maximum absolute atomic E-state index is 12.8. The van der Waals surface area contributed by atoms with E-state index in [9.17, 15) is 9.59 Å². The number of rotatable bonds is 19. The number of aromatic nitrogens is 1. The second-order valence-corrected chi connectivity index (χ2v) is 12.5. The van der Waals surface area contributed by atoms with Gasteiger partial charge in [0.2, 0.25) is 5.91 Å². The first-order chi connectivity index (χ1) is 21.1. The van der Waals surface area contributed by atoms with Gasteiger partial charge in [-0.25, -0.2) is 4.98 Å². The Morgan fingerprint density at radius 1 is 0.814 bits per heavy atom. The smallest absolute Gasteiger partial charge is 0.255 e. The number of benzene rings is 3. The first kappa shape index (κ1) is 32.4. The van der Waals surface area contributed by atoms with Crippen molar-refractivity contribution in [2.45, 2.75) is 62.6 Å². The standard InChI is InChI=1S/C34H41N3O4S2/c1-2-3-4-5-6-7-8-12-22-40-29-18-15-26(16-19-29)33(39)36-27-17-20-30-31(24-27)43-34(37-30)42-25-32(38)35-21-23-41-28-13-10-9-11-14-28/h9-11,13-20,24H,2-8,12,21-23,25H2,1H3,(H,35,38)(H,36,39). The number of thioether (sulfide) groups is 1. The van der Waals surface area contributed by atoms with Crippen molar-refractivity contribution in [1.82, 2.24) is 10.3 Å². The number of carbonyl (C=O) groups excluding carboxylic acids is 2. The number of para-hydroxylation sites is 1. The van der Waals surface area contributed by atoms with E-state index in [4.69, 9.17) is 9.47 Å². The molecule has 0 saturated carbocycles. The van der Waals surface area contributed by atoms with Crippen LogP contribution >= 0.6 is 23.1 Å². The van der Waals surface area contributed by atoms with Gasteiger partial charge in [0.05, 0.1) is 29.1 Å². The SMILES string of the molecule is CCCCCCCCCCOc1ccc(C(=O)Nc2ccc3nc(SCC(=O)NCCOc4ccccc4)sc3c2)cc1. The molecular formula is C34H41N3O4S2. The zero-order valence-corrected chi connectivity index (χ0v) is 26.4. The Hall–Kier alpha value is -3.56. The van der Waals surface area contributed by atoms with E-state index in [0.29, 0.717) is 31.0 Å². The molecular weight excluding hydrogens is 579 g/mol. The number of hydrogen-bond acceptors (Lipinski definition) is 7. The first-order valence-electron chi connectivity index (χ1n) is 15.1. The number of fused-ring (bicyclic) bond motifs is 1. The average molecular weight is 620 g/mol. The molecule has 7 nitrogen and oxygen atoms in total. The van der Waals surface area contributed by atoms with E-state index in [1.54, 1.807) is 12.1 Å². The van der Waals surface area contributed by atoms with Gasteiger partial charge in [-0.2, -0.15) is 0 Å². The van der Waals surface area contributed by atoms with E-state index >= 15 is 0 Å². The summed E-state index contributed by atoms with van der Waals surface area (Å²) in [6.45, 7) is 3.79. The van der Waals surface area contributed by atoms with Gasteiger partial charge in [0, 0.05) is 11.3 Å². The molecule has 0 aliphatic rings. The van der Waals surface area contributed by atoms with Gasteiger partial charge < -0.3 is 20.1 Å². The van der Waals surface area contributed by atoms with Crippen molar-refractivity contribution in [2.24, 2.45) is 0 Å². The highest BCUT2D eigenvalue weighted by atomic mass is 32.2. The third-order valence-corrected chi connectivity index (χ3v) is 8.93. The lowest BCUT2D eigenvalue weighted by Crippen LogP contribution is -2.29. The lowest BCUT2D eigenvalue weighted by Gasteiger charge is -2.08. The summed E-state index contributed by atoms with van der Waals surface area (Å²) in [6, 6.07) is 22.4. The summed E-state index contributed by atoms with van der Waals surface area (Å²) in [6.07, 6.45) is 10.1. The molecule has 43 heavy (non-hydrogen) atoms. The van der Waals surface area contributed by atoms with Crippen LogP contribution in [0.25, 0.3) is 10.2 Å². The molecule has 2 amide bonds. The second-order valence-electron chi connectivity index (χ2n) is 10.3. The van der Waals surface area contributed by atoms with Crippen LogP contribution in [-0.4, -0.2) is 42.3 Å². The molecule has 2 N–H and O–H groups in total. The summed E-state index contributed by atoms with van der Waals surface area (Å²) in [5, 5.41) is 5.84. The Morgan fingerprint density at radius 3 is 2.28 bits per heavy atom. The Labute approximate surface area is 262 Å². The zero-order valence-electron chi connectivity index (χ0n) is 24.8. The second kappa shape index (κ2) is 18.2. The van der Waals surface area contributed by atoms with Crippen molar-refractivity contribution in [2.75, 3.05) is 30.8 Å². The van der Waals surface area contributed by atoms with Crippen molar-refractivity contribution < 1.29 is 19.1 Å². The molecule has 9 heteroatoms. The maximum atomic E-state index is 12.8. The van der Waals surface area contributed by atoms with Crippen LogP contribution in [0.2, 0.25) is 0 Å². The van der Waals surface area contributed by atoms with Crippen LogP contribution in [0.15, 0.2) is 77.1 Å². The summed E-state index contributed by atoms with van der Waals surface area (Å²) >= 11 is 2.89. The molecule has 0 radical (unpaired) electrons. The number of unbranched alkanes of at least 4 members (excludes halogenated alkanes) is 7. The molecule has 0 fully saturated rings. The van der Waals surface area contributed by atoms with E-state index in [2.05, 4.69) is 22.5 Å². The van der Waals surface area contributed by atoms with Gasteiger partial charge in [-0.05, 0) is 61.0 Å². The lowest BCUT2D eigenvalue weighted by atomic mass is 10.1. The van der Waals surface area contributed by atoms with Crippen molar-refractivity contribution in [3.63, 3.8) is 0 Å². The molecule has 0 aliphatic heterocycles. The van der Waals surface area contributed by atoms with E-state index < -0.39 is 0 Å². The number of carbonyl (C=O) groups is 2. The fourth-order valence-electron chi connectivity index (χ4n) is 4.43. The number of nitrogens with zero attached hydrogens (tertiary/aromatic N) is 1. The van der Waals surface area contributed by atoms with Gasteiger partial charge in [-0.15, -0.1) is 11.3 Å². The van der Waals surface area contributed by atoms with Crippen LogP contribution < -0.4 is 20.1 Å². The van der Waals surface area contributed by atoms with Crippen LogP contribution in [0, 0.1) is 0 Å². The molecule has 4 aromatic rings. The molecule has 3 aromatic carbocycles. The maximum Gasteiger partial charge on any atom is 0.255 e. The number of amides is 2. The highest BCUT2D eigenvalue weighted by Gasteiger charge is 2.11. The van der Waals surface area contributed by atoms with Crippen LogP contribution in [0.3, 0.4) is 0 Å². The normalized spacial score (nSPS) is 10.9. The molecule has 4 rings (SSSR count). The number of anilines is 1. The summed E-state index contributed by atoms with van der Waals surface area (Å²) < 4.78 is 13.2. The van der Waals surface area contributed by atoms with Gasteiger partial charge in [0.25, 0.3) is 5.91 Å². The largest absolute Gasteiger partial charge is 0.494 e. The predicted molar refractivity (Wildman–Crippen MR) is 178 cm³/mol. The number of nitrogens with one attached hydrogen (secondary N) is 2. The van der Waals surface area contributed by atoms with E-state index in [0.717, 1.165) is 32.5 Å². The van der Waals surface area contributed by atoms with Gasteiger partial charge in [0.15, 0.2) is 4.34 Å². The van der Waals surface area contributed by atoms with Crippen LogP contribution in [0.1, 0.15) is 68.6 Å². The van der Waals surface area contributed by atoms with Crippen molar-refractivity contribution in [3.05, 3.63) is 78.4 Å². The Bertz CT molecular complexity index is 1410. The van der Waals surface area contributed by atoms with Crippen LogP contribution in [0.5, 0.6) is 11.5 Å². The first-order valence-corrected chi connectivity index (χ1v) is 16.9. The summed E-state index contributed by atoms with van der Waals surface area (Å²) in [7, 11) is 0. The van der Waals surface area contributed by atoms with Gasteiger partial charge in [-0.1, -0.05) is 81.8 Å². The number of hydrogen-bond donors (Lipinski definition) is 2. The minimum Gasteiger partial charge on any atom is -0.494 e. The van der Waals surface area contributed by atoms with E-state index in [1.165, 1.54) is 68.0 Å². The molecule has 0 bridgehead atoms. The van der Waals surface area contributed by atoms with Crippen molar-refractivity contribution in [3.8, 4) is 11.5 Å². The number of thiazole rings is 1. The van der Waals surface area contributed by atoms with E-state index in [1.807, 2.05) is 60.7 Å². The van der Waals surface area contributed by atoms with E-state index in [-0.39, 0.29) is 17.6 Å². The quantitative estimate of drug-likeness (QED) is 0.0810. The third kappa shape index (κ3) is 11.6. The monoisotopic (exact) mass is 619 g/mol. The molecule has 0 aliphatic carbocycles. The molecule has 0 unspecified atom stereocenters. The Kier molecular flexibility index (Phi) is 13.7. The van der Waals surface area contributed by atoms with Crippen LogP contribution in [0.4, 0.5) is 5.69 Å². The Morgan fingerprint density at radius 2 is 1.51 bits per heavy atom. The molecule has 1 aromatic heterocycles. The van der Waals surface area contributed by atoms with Gasteiger partial charge in [0.1, 0.15) is 18.1 Å². The zero-order chi connectivity index (χ0) is 30.1. The molecule has 1 heterocycles. The third-order valence-electron chi connectivity index (χ3n) is 6.77. The van der Waals surface area contributed by atoms with Crippen molar-refractivity contribution >= 4 is 50.8 Å². The molecule has 0 spiro atoms. The van der Waals surface area contributed by atoms with Gasteiger partial charge >= 0.3 is 0 Å².